The number of hydrogen-bond acceptors (Lipinski definition) is 21. The van der Waals surface area contributed by atoms with Crippen LogP contribution in [-0.4, -0.2) is 204 Å². The molecule has 7 amide bonds. The second-order valence-electron chi connectivity index (χ2n) is 29.9. The molecule has 3 unspecified atom stereocenters. The van der Waals surface area contributed by atoms with E-state index in [9.17, 15) is 81.7 Å². The zero-order valence-electron chi connectivity index (χ0n) is 67.0. The number of aryl methyl sites for hydroxylation is 1. The summed E-state index contributed by atoms with van der Waals surface area (Å²) in [5, 5.41) is 14.5. The molecule has 662 valence electrons. The summed E-state index contributed by atoms with van der Waals surface area (Å²) in [6.45, 7) is 5.69. The quantitative estimate of drug-likeness (QED) is 0.00514. The molecule has 0 aliphatic carbocycles. The SMILES string of the molecule is C.CSC1CC(=O)N(CCOCCOc2cc(/C=C/C(=O)N3C[C@@H](CCl)c4c3cc(OP(=O)(O)O)c3ccccc43)ccc2/C=C/C(=O)N2C[C@@H](CCl)c3c2cc(OP(=O)(O)O)c2ccccc32)C1=O.CSSC(C)COC(=O)N1c2cc(OCCCCCC(=O)N3C[C@@H](CCl)c4c3cc(OP(=O)(O)O)c3ccccc43)c(C)cc2C(=O)N2CCC[C@H]2C1O. The van der Waals surface area contributed by atoms with E-state index in [-0.39, 0.29) is 154 Å². The Kier molecular flexibility index (Phi) is 31.4. The third kappa shape index (κ3) is 21.5. The van der Waals surface area contributed by atoms with E-state index in [1.54, 1.807) is 141 Å². The lowest BCUT2D eigenvalue weighted by molar-refractivity contribution is -0.139. The second-order valence-corrected chi connectivity index (χ2v) is 38.3. The molecule has 2 fully saturated rings. The molecule has 6 aliphatic heterocycles. The number of alkyl halides is 3. The van der Waals surface area contributed by atoms with Crippen LogP contribution in [0, 0.1) is 6.92 Å². The maximum absolute atomic E-state index is 14.1. The molecule has 0 aromatic heterocycles. The van der Waals surface area contributed by atoms with Gasteiger partial charge in [0.1, 0.15) is 42.0 Å². The van der Waals surface area contributed by atoms with E-state index >= 15 is 0 Å². The summed E-state index contributed by atoms with van der Waals surface area (Å²) in [4.78, 5) is 160. The molecule has 6 aliphatic rings. The normalized spacial score (nSPS) is 18.9. The van der Waals surface area contributed by atoms with Gasteiger partial charge >= 0.3 is 29.6 Å². The Bertz CT molecular complexity index is 5630. The van der Waals surface area contributed by atoms with Crippen molar-refractivity contribution in [3.8, 4) is 28.7 Å². The van der Waals surface area contributed by atoms with E-state index in [2.05, 4.69) is 0 Å². The number of nitrogens with zero attached hydrogens (tertiary/aromatic N) is 6. The molecule has 30 nitrogen and oxygen atoms in total. The number of ether oxygens (including phenoxy) is 4. The zero-order chi connectivity index (χ0) is 87.9. The standard InChI is InChI=1S/C47H45Cl2N3O14P2S.C37H45ClN3O10PS2.CH4/c1-69-41-23-44(55)50(47(41)56)16-17-63-18-19-64-38-20-28(11-14-42(53)51-26-30(24-48)45-34-8-4-2-6-32(34)39(21-36(45)51)65-67(57,58)59)10-12-29(38)13-15-43(54)52-27-31(25-49)46-35-9-5-3-7-33(35)40(22-37(46)52)66-68(60,61)62;1-22-16-27-29(41(37(45)50-21-23(2)54-53-3)36(44)28-12-9-14-39(28)35(27)43)17-31(22)49-15-8-4-5-13-33(42)40-20-24(19-38)34-26-11-7-6-10-25(26)32(18-30(34)40)51-52(46,47)48;/h2-15,20-22,30-31,41H,16-19,23-27H2,1H3,(H2,57,58,59)(H2,60,61,62);6-7,10-11,16-18,23-24,28,36,44H,4-5,8-9,12-15,19-21H2,1-3H3,(H2,46,47,48);1H4/b14-11+,15-13+;;/t30-,31-,41?;23?,24-,28+,36?;/m11./s1. The summed E-state index contributed by atoms with van der Waals surface area (Å²) in [7, 11) is -11.7. The lowest BCUT2D eigenvalue weighted by atomic mass is 9.95. The number of anilines is 4. The van der Waals surface area contributed by atoms with Gasteiger partial charge in [-0.15, -0.1) is 34.8 Å². The maximum Gasteiger partial charge on any atom is 0.524 e. The number of amides is 7. The van der Waals surface area contributed by atoms with Crippen LogP contribution in [0.4, 0.5) is 27.5 Å². The van der Waals surface area contributed by atoms with Crippen molar-refractivity contribution in [2.45, 2.75) is 107 Å². The topological polar surface area (TPSA) is 396 Å². The lowest BCUT2D eigenvalue weighted by Gasteiger charge is -2.32. The van der Waals surface area contributed by atoms with Gasteiger partial charge in [0, 0.05) is 138 Å². The Morgan fingerprint density at radius 3 is 1.60 bits per heavy atom. The fourth-order valence-corrected chi connectivity index (χ4v) is 20.6. The number of aliphatic hydroxyl groups excluding tert-OH is 1. The number of benzene rings is 8. The fraction of sp³-hybridized carbons (Fsp3) is 0.376. The van der Waals surface area contributed by atoms with E-state index < -0.39 is 58.9 Å². The van der Waals surface area contributed by atoms with Crippen LogP contribution >= 0.6 is 91.6 Å². The highest BCUT2D eigenvalue weighted by atomic mass is 35.5. The molecule has 14 rings (SSSR count). The Morgan fingerprint density at radius 2 is 1.09 bits per heavy atom. The minimum absolute atomic E-state index is 0. The molecule has 6 heterocycles. The number of hydrogen-bond donors (Lipinski definition) is 7. The van der Waals surface area contributed by atoms with E-state index in [0.717, 1.165) is 28.5 Å². The Labute approximate surface area is 742 Å². The fourth-order valence-electron chi connectivity index (χ4n) is 16.4. The molecule has 0 saturated carbocycles. The molecule has 124 heavy (non-hydrogen) atoms. The number of imide groups is 1. The van der Waals surface area contributed by atoms with Crippen LogP contribution in [0.5, 0.6) is 28.7 Å². The summed E-state index contributed by atoms with van der Waals surface area (Å²) < 4.78 is 74.6. The van der Waals surface area contributed by atoms with Crippen molar-refractivity contribution < 1.29 is 114 Å². The van der Waals surface area contributed by atoms with Gasteiger partial charge in [0.15, 0.2) is 6.23 Å². The van der Waals surface area contributed by atoms with E-state index in [1.165, 1.54) is 61.7 Å². The second kappa shape index (κ2) is 41.1. The predicted molar refractivity (Wildman–Crippen MR) is 483 cm³/mol. The number of likely N-dealkylation sites (tertiary alicyclic amines) is 1. The maximum atomic E-state index is 14.1. The van der Waals surface area contributed by atoms with Crippen LogP contribution in [0.15, 0.2) is 133 Å². The smallest absolute Gasteiger partial charge is 0.493 e. The minimum Gasteiger partial charge on any atom is -0.493 e. The van der Waals surface area contributed by atoms with Crippen LogP contribution < -0.4 is 42.6 Å². The predicted octanol–water partition coefficient (Wildman–Crippen LogP) is 15.4. The van der Waals surface area contributed by atoms with Gasteiger partial charge in [0.25, 0.3) is 17.7 Å². The molecule has 2 saturated heterocycles. The van der Waals surface area contributed by atoms with Crippen molar-refractivity contribution in [1.82, 2.24) is 9.80 Å². The number of phosphoric acid groups is 3. The van der Waals surface area contributed by atoms with Crippen LogP contribution in [0.25, 0.3) is 44.5 Å². The number of aliphatic hydroxyl groups is 1. The van der Waals surface area contributed by atoms with E-state index in [4.69, 9.17) is 67.3 Å². The van der Waals surface area contributed by atoms with Gasteiger partial charge in [0.2, 0.25) is 17.7 Å². The van der Waals surface area contributed by atoms with Gasteiger partial charge in [-0.1, -0.05) is 114 Å². The van der Waals surface area contributed by atoms with Crippen molar-refractivity contribution in [2.24, 2.45) is 0 Å². The zero-order valence-corrected chi connectivity index (χ0v) is 74.4. The summed E-state index contributed by atoms with van der Waals surface area (Å²) in [5.74, 6) is -1.41. The van der Waals surface area contributed by atoms with Crippen molar-refractivity contribution in [1.29, 1.82) is 0 Å². The number of halogens is 3. The van der Waals surface area contributed by atoms with E-state index in [1.807, 2.05) is 32.2 Å². The third-order valence-electron chi connectivity index (χ3n) is 21.9. The van der Waals surface area contributed by atoms with Crippen molar-refractivity contribution in [2.75, 3.05) is 116 Å². The Balaban J connectivity index is 0.000000231. The molecule has 0 radical (unpaired) electrons. The number of unbranched alkanes of at least 4 members (excludes halogenated alkanes) is 2. The van der Waals surface area contributed by atoms with Gasteiger partial charge in [0.05, 0.1) is 66.0 Å². The highest BCUT2D eigenvalue weighted by Gasteiger charge is 2.47. The van der Waals surface area contributed by atoms with Crippen LogP contribution in [0.3, 0.4) is 0 Å². The summed E-state index contributed by atoms with van der Waals surface area (Å²) in [6.07, 6.45) is 11.0. The Hall–Kier alpha value is -8.40. The largest absolute Gasteiger partial charge is 0.524 e. The molecule has 39 heteroatoms. The van der Waals surface area contributed by atoms with E-state index in [0.29, 0.717) is 123 Å². The molecule has 8 aromatic carbocycles. The highest BCUT2D eigenvalue weighted by Crippen LogP contribution is 2.54. The number of fused-ring (bicyclic) bond motifs is 11. The van der Waals surface area contributed by atoms with Gasteiger partial charge < -0.3 is 57.2 Å². The van der Waals surface area contributed by atoms with Crippen LogP contribution in [0.1, 0.15) is 121 Å². The number of phosphoric ester groups is 3. The molecule has 8 aromatic rings. The van der Waals surface area contributed by atoms with Gasteiger partial charge in [-0.3, -0.25) is 63.0 Å². The van der Waals surface area contributed by atoms with Crippen LogP contribution in [-0.2, 0) is 47.1 Å². The lowest BCUT2D eigenvalue weighted by Crippen LogP contribution is -2.51. The first-order chi connectivity index (χ1) is 58.8. The van der Waals surface area contributed by atoms with Gasteiger partial charge in [-0.05, 0) is 127 Å². The van der Waals surface area contributed by atoms with Crippen molar-refractivity contribution in [3.63, 3.8) is 0 Å². The first-order valence-corrected chi connectivity index (χ1v) is 49.4. The average molecular weight is 1880 g/mol. The first kappa shape index (κ1) is 94.7. The number of thioether (sulfide) groups is 1. The first-order valence-electron chi connectivity index (χ1n) is 39.3. The molecule has 0 spiro atoms. The molecule has 7 atom stereocenters. The van der Waals surface area contributed by atoms with Crippen molar-refractivity contribution >= 4 is 200 Å². The molecule has 0 bridgehead atoms. The monoisotopic (exact) mass is 1880 g/mol. The van der Waals surface area contributed by atoms with Crippen molar-refractivity contribution in [3.05, 3.63) is 172 Å². The third-order valence-corrected chi connectivity index (χ3v) is 27.4. The number of carbonyl (C=O) groups is 7. The van der Waals surface area contributed by atoms with Gasteiger partial charge in [-0.2, -0.15) is 11.8 Å². The Morgan fingerprint density at radius 1 is 0.589 bits per heavy atom. The number of rotatable bonds is 32. The average Bonchev–Trinajstić information content (AvgIpc) is 1.60. The summed E-state index contributed by atoms with van der Waals surface area (Å²) in [5.41, 5.74) is 5.87. The highest BCUT2D eigenvalue weighted by molar-refractivity contribution is 8.76. The summed E-state index contributed by atoms with van der Waals surface area (Å²) in [6, 6.07) is 33.2. The molecular formula is C85H94Cl3N6O24P3S3. The van der Waals surface area contributed by atoms with Crippen LogP contribution in [0.2, 0.25) is 0 Å². The molecule has 7 N–H and O–H groups in total. The summed E-state index contributed by atoms with van der Waals surface area (Å²) >= 11 is 20.5. The minimum atomic E-state index is -4.98. The van der Waals surface area contributed by atoms with Gasteiger partial charge in [-0.25, -0.2) is 23.4 Å². The molecular weight excluding hydrogens is 1780 g/mol. The number of carbonyl (C=O) groups excluding carboxylic acids is 7.